The van der Waals surface area contributed by atoms with Crippen molar-refractivity contribution in [3.63, 3.8) is 0 Å². The molecule has 0 aliphatic carbocycles. The number of pyridine rings is 3. The minimum atomic E-state index is -0.964. The lowest BCUT2D eigenvalue weighted by Gasteiger charge is -2.20. The van der Waals surface area contributed by atoms with Gasteiger partial charge in [0, 0.05) is 52.7 Å². The number of hydrogen-bond donors (Lipinski definition) is 7. The van der Waals surface area contributed by atoms with Crippen LogP contribution in [0.4, 0.5) is 43.7 Å². The molecule has 9 aromatic rings. The zero-order chi connectivity index (χ0) is 54.6. The first kappa shape index (κ1) is 54.6. The Morgan fingerprint density at radius 2 is 0.880 bits per heavy atom. The molecule has 0 spiro atoms. The fraction of sp³-hybridized carbons (Fsp3) is 0.200. The molecule has 9 rings (SSSR count). The summed E-state index contributed by atoms with van der Waals surface area (Å²) in [5, 5.41) is 19.8. The minimum absolute atomic E-state index is 0.186. The SMILES string of the molecule is Cc1ccc(N)cc1NC(=O)c1cnc2ccccn12.Cc1ccc(NC(=O)OC(C)(C)C)cc1N.Cc1ccc(NC(=O)OC(C)(C)C)cc1NC(=O)c1cnc2ccccn12.O=C(O)c1cnc2ccccn12. The van der Waals surface area contributed by atoms with E-state index in [1.807, 2.05) is 108 Å². The third-order valence-electron chi connectivity index (χ3n) is 10.5. The Bertz CT molecular complexity index is 3510. The molecule has 6 heterocycles. The summed E-state index contributed by atoms with van der Waals surface area (Å²) in [6.45, 7) is 16.5. The number of rotatable bonds is 7. The Hall–Kier alpha value is -9.72. The van der Waals surface area contributed by atoms with E-state index in [1.54, 1.807) is 96.7 Å². The number of carbonyl (C=O) groups excluding carboxylic acids is 4. The van der Waals surface area contributed by atoms with Crippen molar-refractivity contribution >= 4 is 81.0 Å². The predicted octanol–water partition coefficient (Wildman–Crippen LogP) is 10.7. The van der Waals surface area contributed by atoms with Gasteiger partial charge < -0.3 is 36.7 Å². The molecule has 75 heavy (non-hydrogen) atoms. The summed E-state index contributed by atoms with van der Waals surface area (Å²) in [5.41, 5.74) is 20.1. The van der Waals surface area contributed by atoms with Crippen molar-refractivity contribution in [2.24, 2.45) is 0 Å². The number of nitrogens with one attached hydrogen (secondary N) is 4. The summed E-state index contributed by atoms with van der Waals surface area (Å²) in [7, 11) is 0. The van der Waals surface area contributed by atoms with Crippen molar-refractivity contribution in [3.8, 4) is 0 Å². The zero-order valence-electron chi connectivity index (χ0n) is 43.0. The van der Waals surface area contributed by atoms with E-state index in [4.69, 9.17) is 26.0 Å². The molecule has 0 atom stereocenters. The van der Waals surface area contributed by atoms with Gasteiger partial charge in [0.05, 0.1) is 18.6 Å². The maximum atomic E-state index is 12.7. The third kappa shape index (κ3) is 15.4. The van der Waals surface area contributed by atoms with E-state index in [2.05, 4.69) is 36.2 Å². The van der Waals surface area contributed by atoms with E-state index in [0.717, 1.165) is 22.3 Å². The second-order valence-corrected chi connectivity index (χ2v) is 18.9. The molecular formula is C55H60N12O8. The van der Waals surface area contributed by atoms with E-state index in [9.17, 15) is 24.0 Å². The van der Waals surface area contributed by atoms with E-state index in [0.29, 0.717) is 56.8 Å². The number of benzene rings is 3. The first-order valence-corrected chi connectivity index (χ1v) is 23.4. The van der Waals surface area contributed by atoms with Gasteiger partial charge in [-0.05, 0) is 152 Å². The molecule has 9 N–H and O–H groups in total. The van der Waals surface area contributed by atoms with Crippen LogP contribution >= 0.6 is 0 Å². The molecular weight excluding hydrogens is 957 g/mol. The number of nitrogens with two attached hydrogens (primary N) is 2. The average molecular weight is 1020 g/mol. The summed E-state index contributed by atoms with van der Waals surface area (Å²) < 4.78 is 15.4. The van der Waals surface area contributed by atoms with Gasteiger partial charge in [-0.15, -0.1) is 0 Å². The largest absolute Gasteiger partial charge is 0.477 e. The molecule has 0 bridgehead atoms. The number of amides is 4. The van der Waals surface area contributed by atoms with Gasteiger partial charge in [-0.2, -0.15) is 0 Å². The molecule has 3 aromatic carbocycles. The number of nitrogens with zero attached hydrogens (tertiary/aromatic N) is 6. The molecule has 0 aliphatic heterocycles. The van der Waals surface area contributed by atoms with Gasteiger partial charge in [0.2, 0.25) is 0 Å². The van der Waals surface area contributed by atoms with Crippen LogP contribution in [0.2, 0.25) is 0 Å². The van der Waals surface area contributed by atoms with Crippen LogP contribution < -0.4 is 32.7 Å². The molecule has 4 amide bonds. The van der Waals surface area contributed by atoms with Gasteiger partial charge in [0.1, 0.15) is 39.5 Å². The van der Waals surface area contributed by atoms with Gasteiger partial charge in [-0.25, -0.2) is 29.3 Å². The number of anilines is 6. The first-order chi connectivity index (χ1) is 35.4. The summed E-state index contributed by atoms with van der Waals surface area (Å²) in [6.07, 6.45) is 8.67. The van der Waals surface area contributed by atoms with Gasteiger partial charge >= 0.3 is 18.2 Å². The standard InChI is InChI=1S/C20H22N4O3.C15H14N4O.C12H18N2O2.C8H6N2O2/c1-13-8-9-14(22-19(26)27-20(2,3)4)11-15(13)23-18(25)16-12-21-17-7-5-6-10-24(16)17;1-10-5-6-11(16)8-12(10)18-15(20)13-9-17-14-4-2-3-7-19(13)14;1-8-5-6-9(7-10(8)13)14-11(15)16-12(2,3)4;11-8(12)6-5-9-7-3-1-2-4-10(6)7/h5-12H,1-4H3,(H,22,26)(H,23,25);2-9H,16H2,1H3,(H,18,20);5-7H,13H2,1-4H3,(H,14,15);1-5H,(H,11,12). The highest BCUT2D eigenvalue weighted by molar-refractivity contribution is 6.05. The number of aromatic nitrogens is 6. The molecule has 20 nitrogen and oxygen atoms in total. The lowest BCUT2D eigenvalue weighted by Crippen LogP contribution is -2.27. The second kappa shape index (κ2) is 23.7. The van der Waals surface area contributed by atoms with Crippen LogP contribution in [0.25, 0.3) is 16.9 Å². The number of carboxylic acid groups (broad SMARTS) is 1. The Balaban J connectivity index is 0.000000169. The first-order valence-electron chi connectivity index (χ1n) is 23.4. The molecule has 0 aliphatic rings. The van der Waals surface area contributed by atoms with Crippen molar-refractivity contribution in [1.82, 2.24) is 28.2 Å². The Kier molecular flexibility index (Phi) is 17.2. The number of fused-ring (bicyclic) bond motifs is 3. The van der Waals surface area contributed by atoms with Gasteiger partial charge in [0.15, 0.2) is 5.69 Å². The molecule has 6 aromatic heterocycles. The highest BCUT2D eigenvalue weighted by Crippen LogP contribution is 2.24. The Morgan fingerprint density at radius 1 is 0.493 bits per heavy atom. The Labute approximate surface area is 432 Å². The normalized spacial score (nSPS) is 10.9. The predicted molar refractivity (Wildman–Crippen MR) is 291 cm³/mol. The number of carboxylic acids is 1. The highest BCUT2D eigenvalue weighted by atomic mass is 16.6. The lowest BCUT2D eigenvalue weighted by molar-refractivity contribution is 0.0624. The van der Waals surface area contributed by atoms with E-state index < -0.39 is 29.4 Å². The number of imidazole rings is 3. The number of ether oxygens (including phenoxy) is 2. The topological polar surface area (TPSA) is 276 Å². The van der Waals surface area contributed by atoms with Gasteiger partial charge in [0.25, 0.3) is 11.8 Å². The van der Waals surface area contributed by atoms with Crippen LogP contribution in [-0.2, 0) is 9.47 Å². The fourth-order valence-electron chi connectivity index (χ4n) is 6.83. The van der Waals surface area contributed by atoms with Gasteiger partial charge in [-0.1, -0.05) is 36.4 Å². The summed E-state index contributed by atoms with van der Waals surface area (Å²) in [4.78, 5) is 71.4. The van der Waals surface area contributed by atoms with Crippen molar-refractivity contribution in [3.05, 3.63) is 180 Å². The summed E-state index contributed by atoms with van der Waals surface area (Å²) >= 11 is 0. The highest BCUT2D eigenvalue weighted by Gasteiger charge is 2.19. The van der Waals surface area contributed by atoms with E-state index in [-0.39, 0.29) is 17.5 Å². The zero-order valence-corrected chi connectivity index (χ0v) is 43.0. The van der Waals surface area contributed by atoms with Crippen LogP contribution in [-0.4, -0.2) is 74.4 Å². The molecule has 0 fully saturated rings. The van der Waals surface area contributed by atoms with Crippen molar-refractivity contribution in [1.29, 1.82) is 0 Å². The minimum Gasteiger partial charge on any atom is -0.477 e. The molecule has 388 valence electrons. The maximum Gasteiger partial charge on any atom is 0.412 e. The van der Waals surface area contributed by atoms with Crippen molar-refractivity contribution in [2.75, 3.05) is 32.7 Å². The van der Waals surface area contributed by atoms with Crippen LogP contribution in [0, 0.1) is 20.8 Å². The van der Waals surface area contributed by atoms with E-state index >= 15 is 0 Å². The molecule has 0 saturated carbocycles. The van der Waals surface area contributed by atoms with E-state index in [1.165, 1.54) is 16.8 Å². The Morgan fingerprint density at radius 3 is 1.31 bits per heavy atom. The monoisotopic (exact) mass is 1020 g/mol. The van der Waals surface area contributed by atoms with Crippen LogP contribution in [0.15, 0.2) is 146 Å². The number of nitrogen functional groups attached to an aromatic ring is 2. The fourth-order valence-corrected chi connectivity index (χ4v) is 6.83. The number of aromatic carboxylic acids is 1. The molecule has 0 saturated heterocycles. The second-order valence-electron chi connectivity index (χ2n) is 18.9. The van der Waals surface area contributed by atoms with Gasteiger partial charge in [-0.3, -0.25) is 33.4 Å². The quantitative estimate of drug-likeness (QED) is 0.0733. The van der Waals surface area contributed by atoms with Crippen molar-refractivity contribution < 1.29 is 38.6 Å². The summed E-state index contributed by atoms with van der Waals surface area (Å²) in [6, 6.07) is 32.5. The number of carbonyl (C=O) groups is 5. The third-order valence-corrected chi connectivity index (χ3v) is 10.5. The van der Waals surface area contributed by atoms with Crippen molar-refractivity contribution in [2.45, 2.75) is 73.5 Å². The van der Waals surface area contributed by atoms with Crippen LogP contribution in [0.5, 0.6) is 0 Å². The lowest BCUT2D eigenvalue weighted by atomic mass is 10.1. The number of hydrogen-bond acceptors (Lipinski definition) is 12. The molecule has 0 radical (unpaired) electrons. The number of aryl methyl sites for hydroxylation is 3. The molecule has 0 unspecified atom stereocenters. The molecule has 20 heteroatoms. The average Bonchev–Trinajstić information content (AvgIpc) is 4.10. The van der Waals surface area contributed by atoms with Crippen LogP contribution in [0.1, 0.15) is 89.7 Å². The smallest absolute Gasteiger partial charge is 0.412 e. The maximum absolute atomic E-state index is 12.7. The van der Waals surface area contributed by atoms with Crippen LogP contribution in [0.3, 0.4) is 0 Å². The summed E-state index contributed by atoms with van der Waals surface area (Å²) in [5.74, 6) is -1.46.